The zero-order valence-corrected chi connectivity index (χ0v) is 10.3. The number of aryl methyl sites for hydroxylation is 1. The number of aromatic nitrogens is 1. The lowest BCUT2D eigenvalue weighted by Crippen LogP contribution is -2.12. The molecule has 1 heterocycles. The molecule has 0 aliphatic rings. The monoisotopic (exact) mass is 225 g/mol. The lowest BCUT2D eigenvalue weighted by atomic mass is 10.1. The van der Waals surface area contributed by atoms with E-state index >= 15 is 0 Å². The van der Waals surface area contributed by atoms with E-state index in [1.165, 1.54) is 6.20 Å². The molecule has 0 aliphatic carbocycles. The number of pyridine rings is 1. The normalized spacial score (nSPS) is 9.00. The Bertz CT molecular complexity index is 382. The van der Waals surface area contributed by atoms with Crippen LogP contribution < -0.4 is 5.56 Å². The Hall–Kier alpha value is -1.58. The van der Waals surface area contributed by atoms with Crippen LogP contribution in [0.15, 0.2) is 17.1 Å². The largest absolute Gasteiger partial charge is 0.466 e. The van der Waals surface area contributed by atoms with Crippen molar-refractivity contribution in [1.82, 2.24) is 4.98 Å². The molecule has 4 nitrogen and oxygen atoms in total. The van der Waals surface area contributed by atoms with Crippen LogP contribution in [0.4, 0.5) is 0 Å². The zero-order valence-electron chi connectivity index (χ0n) is 10.3. The lowest BCUT2D eigenvalue weighted by molar-refractivity contribution is -0.142. The van der Waals surface area contributed by atoms with Gasteiger partial charge in [-0.25, -0.2) is 0 Å². The summed E-state index contributed by atoms with van der Waals surface area (Å²) in [5.41, 5.74) is 1.24. The van der Waals surface area contributed by atoms with Gasteiger partial charge in [-0.1, -0.05) is 13.8 Å². The van der Waals surface area contributed by atoms with E-state index in [2.05, 4.69) is 4.98 Å². The molecule has 0 unspecified atom stereocenters. The summed E-state index contributed by atoms with van der Waals surface area (Å²) >= 11 is 0. The van der Waals surface area contributed by atoms with E-state index in [1.54, 1.807) is 19.9 Å². The summed E-state index contributed by atoms with van der Waals surface area (Å²) in [6.45, 7) is 7.84. The van der Waals surface area contributed by atoms with Gasteiger partial charge in [0.2, 0.25) is 0 Å². The SMILES string of the molecule is CC.CCOC(=O)Cc1c[nH]c(=O)c(C)c1. The summed E-state index contributed by atoms with van der Waals surface area (Å²) in [7, 11) is 0. The van der Waals surface area contributed by atoms with Gasteiger partial charge < -0.3 is 9.72 Å². The molecule has 0 atom stereocenters. The molecule has 0 spiro atoms. The van der Waals surface area contributed by atoms with Crippen LogP contribution >= 0.6 is 0 Å². The van der Waals surface area contributed by atoms with Gasteiger partial charge >= 0.3 is 5.97 Å². The fraction of sp³-hybridized carbons (Fsp3) is 0.500. The number of rotatable bonds is 3. The minimum absolute atomic E-state index is 0.127. The lowest BCUT2D eigenvalue weighted by Gasteiger charge is -2.02. The Labute approximate surface area is 95.6 Å². The molecule has 1 N–H and O–H groups in total. The highest BCUT2D eigenvalue weighted by atomic mass is 16.5. The van der Waals surface area contributed by atoms with E-state index < -0.39 is 0 Å². The molecule has 0 bridgehead atoms. The maximum absolute atomic E-state index is 11.1. The Kier molecular flexibility index (Phi) is 6.92. The maximum Gasteiger partial charge on any atom is 0.310 e. The molecule has 0 saturated carbocycles. The van der Waals surface area contributed by atoms with Crippen LogP contribution in [0.5, 0.6) is 0 Å². The molecule has 0 aromatic carbocycles. The Morgan fingerprint density at radius 1 is 1.44 bits per heavy atom. The van der Waals surface area contributed by atoms with Gasteiger partial charge in [0.15, 0.2) is 0 Å². The standard InChI is InChI=1S/C10H13NO3.C2H6/c1-3-14-9(12)5-8-4-7(2)10(13)11-6-8;1-2/h4,6H,3,5H2,1-2H3,(H,11,13);1-2H3. The molecule has 0 aliphatic heterocycles. The number of hydrogen-bond acceptors (Lipinski definition) is 3. The quantitative estimate of drug-likeness (QED) is 0.798. The first kappa shape index (κ1) is 14.4. The van der Waals surface area contributed by atoms with Crippen molar-refractivity contribution in [2.75, 3.05) is 6.61 Å². The molecule has 4 heteroatoms. The molecule has 90 valence electrons. The second-order valence-electron chi connectivity index (χ2n) is 3.00. The number of hydrogen-bond donors (Lipinski definition) is 1. The van der Waals surface area contributed by atoms with Crippen LogP contribution in [-0.2, 0) is 16.0 Å². The Morgan fingerprint density at radius 2 is 2.06 bits per heavy atom. The third kappa shape index (κ3) is 4.77. The first-order valence-electron chi connectivity index (χ1n) is 5.47. The third-order valence-electron chi connectivity index (χ3n) is 1.80. The van der Waals surface area contributed by atoms with E-state index in [9.17, 15) is 9.59 Å². The average molecular weight is 225 g/mol. The number of ether oxygens (including phenoxy) is 1. The average Bonchev–Trinajstić information content (AvgIpc) is 2.27. The molecule has 16 heavy (non-hydrogen) atoms. The highest BCUT2D eigenvalue weighted by Gasteiger charge is 2.04. The van der Waals surface area contributed by atoms with Crippen LogP contribution in [0.1, 0.15) is 31.9 Å². The van der Waals surface area contributed by atoms with Crippen molar-refractivity contribution >= 4 is 5.97 Å². The molecular formula is C12H19NO3. The van der Waals surface area contributed by atoms with E-state index in [1.807, 2.05) is 13.8 Å². The van der Waals surface area contributed by atoms with Gasteiger partial charge in [-0.3, -0.25) is 9.59 Å². The first-order chi connectivity index (χ1) is 7.63. The molecule has 0 amide bonds. The van der Waals surface area contributed by atoms with E-state index in [0.717, 1.165) is 5.56 Å². The van der Waals surface area contributed by atoms with Gasteiger partial charge in [0, 0.05) is 11.8 Å². The van der Waals surface area contributed by atoms with Gasteiger partial charge in [0.25, 0.3) is 5.56 Å². The van der Waals surface area contributed by atoms with Crippen LogP contribution in [0.25, 0.3) is 0 Å². The number of esters is 1. The van der Waals surface area contributed by atoms with Crippen LogP contribution in [0.2, 0.25) is 0 Å². The second-order valence-corrected chi connectivity index (χ2v) is 3.00. The third-order valence-corrected chi connectivity index (χ3v) is 1.80. The second kappa shape index (κ2) is 7.68. The van der Waals surface area contributed by atoms with Gasteiger partial charge in [0.05, 0.1) is 13.0 Å². The van der Waals surface area contributed by atoms with Crippen molar-refractivity contribution in [3.8, 4) is 0 Å². The minimum Gasteiger partial charge on any atom is -0.466 e. The van der Waals surface area contributed by atoms with Crippen molar-refractivity contribution in [3.05, 3.63) is 33.7 Å². The fourth-order valence-electron chi connectivity index (χ4n) is 1.14. The number of carbonyl (C=O) groups excluding carboxylic acids is 1. The predicted molar refractivity (Wildman–Crippen MR) is 63.5 cm³/mol. The van der Waals surface area contributed by atoms with Crippen LogP contribution in [0.3, 0.4) is 0 Å². The highest BCUT2D eigenvalue weighted by Crippen LogP contribution is 1.99. The first-order valence-corrected chi connectivity index (χ1v) is 5.47. The summed E-state index contributed by atoms with van der Waals surface area (Å²) in [6.07, 6.45) is 1.73. The molecule has 0 saturated heterocycles. The molecule has 0 fully saturated rings. The van der Waals surface area contributed by atoms with Gasteiger partial charge in [-0.15, -0.1) is 0 Å². The molecule has 0 radical (unpaired) electrons. The predicted octanol–water partition coefficient (Wildman–Crippen LogP) is 1.82. The van der Waals surface area contributed by atoms with E-state index in [4.69, 9.17) is 4.74 Å². The summed E-state index contributed by atoms with van der Waals surface area (Å²) < 4.78 is 4.78. The minimum atomic E-state index is -0.279. The molecule has 1 aromatic rings. The molecular weight excluding hydrogens is 206 g/mol. The molecule has 1 rings (SSSR count). The number of aromatic amines is 1. The molecule has 1 aromatic heterocycles. The van der Waals surface area contributed by atoms with E-state index in [-0.39, 0.29) is 17.9 Å². The van der Waals surface area contributed by atoms with Gasteiger partial charge in [-0.05, 0) is 25.5 Å². The van der Waals surface area contributed by atoms with Crippen molar-refractivity contribution in [2.24, 2.45) is 0 Å². The van der Waals surface area contributed by atoms with Crippen molar-refractivity contribution < 1.29 is 9.53 Å². The zero-order chi connectivity index (χ0) is 12.6. The number of H-pyrrole nitrogens is 1. The number of nitrogens with one attached hydrogen (secondary N) is 1. The Balaban J connectivity index is 0.00000106. The van der Waals surface area contributed by atoms with Crippen LogP contribution in [-0.4, -0.2) is 17.6 Å². The summed E-state index contributed by atoms with van der Waals surface area (Å²) in [4.78, 5) is 24.7. The van der Waals surface area contributed by atoms with Crippen molar-refractivity contribution in [1.29, 1.82) is 0 Å². The van der Waals surface area contributed by atoms with Crippen LogP contribution in [0, 0.1) is 6.92 Å². The van der Waals surface area contributed by atoms with Crippen molar-refractivity contribution in [3.63, 3.8) is 0 Å². The number of carbonyl (C=O) groups is 1. The maximum atomic E-state index is 11.1. The highest BCUT2D eigenvalue weighted by molar-refractivity contribution is 5.72. The summed E-state index contributed by atoms with van der Waals surface area (Å²) in [6, 6.07) is 1.69. The summed E-state index contributed by atoms with van der Waals surface area (Å²) in [5.74, 6) is -0.279. The summed E-state index contributed by atoms with van der Waals surface area (Å²) in [5, 5.41) is 0. The fourth-order valence-corrected chi connectivity index (χ4v) is 1.14. The van der Waals surface area contributed by atoms with Gasteiger partial charge in [0.1, 0.15) is 0 Å². The topological polar surface area (TPSA) is 59.2 Å². The van der Waals surface area contributed by atoms with E-state index in [0.29, 0.717) is 12.2 Å². The van der Waals surface area contributed by atoms with Crippen molar-refractivity contribution in [2.45, 2.75) is 34.1 Å². The van der Waals surface area contributed by atoms with Gasteiger partial charge in [-0.2, -0.15) is 0 Å². The Morgan fingerprint density at radius 3 is 2.56 bits per heavy atom. The smallest absolute Gasteiger partial charge is 0.310 e.